The molecule has 3 aromatic rings. The first-order valence-electron chi connectivity index (χ1n) is 5.43. The summed E-state index contributed by atoms with van der Waals surface area (Å²) in [5.41, 5.74) is 2.24. The molecule has 2 aromatic carbocycles. The maximum atomic E-state index is 6.26. The lowest BCUT2D eigenvalue weighted by atomic mass is 10.2. The molecule has 0 bridgehead atoms. The molecule has 0 saturated carbocycles. The molecular formula is C13H7Cl3N2S. The van der Waals surface area contributed by atoms with Gasteiger partial charge < -0.3 is 4.98 Å². The fourth-order valence-corrected chi connectivity index (χ4v) is 3.15. The van der Waals surface area contributed by atoms with E-state index >= 15 is 0 Å². The number of halogens is 3. The molecule has 19 heavy (non-hydrogen) atoms. The second-order valence-corrected chi connectivity index (χ2v) is 5.58. The van der Waals surface area contributed by atoms with Gasteiger partial charge in [-0.05, 0) is 36.5 Å². The Morgan fingerprint density at radius 2 is 1.47 bits per heavy atom. The van der Waals surface area contributed by atoms with Crippen LogP contribution >= 0.6 is 47.0 Å². The first kappa shape index (κ1) is 13.0. The average molecular weight is 330 g/mol. The number of aromatic nitrogens is 2. The van der Waals surface area contributed by atoms with Gasteiger partial charge >= 0.3 is 0 Å². The van der Waals surface area contributed by atoms with E-state index in [4.69, 9.17) is 47.0 Å². The van der Waals surface area contributed by atoms with Crippen LogP contribution in [0.4, 0.5) is 0 Å². The normalized spacial score (nSPS) is 11.1. The van der Waals surface area contributed by atoms with Crippen LogP contribution in [0, 0.1) is 4.77 Å². The van der Waals surface area contributed by atoms with E-state index in [0.717, 1.165) is 11.0 Å². The fraction of sp³-hybridized carbons (Fsp3) is 0. The average Bonchev–Trinajstić information content (AvgIpc) is 2.67. The van der Waals surface area contributed by atoms with Gasteiger partial charge in [-0.2, -0.15) is 0 Å². The molecule has 0 aliphatic heterocycles. The van der Waals surface area contributed by atoms with Crippen molar-refractivity contribution in [3.8, 4) is 5.69 Å². The number of benzene rings is 2. The van der Waals surface area contributed by atoms with Gasteiger partial charge in [-0.25, -0.2) is 0 Å². The van der Waals surface area contributed by atoms with Crippen LogP contribution in [0.2, 0.25) is 15.1 Å². The zero-order valence-electron chi connectivity index (χ0n) is 9.45. The minimum Gasteiger partial charge on any atom is -0.330 e. The standard InChI is InChI=1S/C13H7Cl3N2S/c14-7-3-1-4-8(15)11(7)18-12-9(16)5-2-6-10(12)17-13(18)19/h1-6H,(H,17,19). The largest absolute Gasteiger partial charge is 0.330 e. The molecule has 0 aliphatic carbocycles. The monoisotopic (exact) mass is 328 g/mol. The number of hydrogen-bond donors (Lipinski definition) is 1. The van der Waals surface area contributed by atoms with E-state index < -0.39 is 0 Å². The van der Waals surface area contributed by atoms with E-state index in [1.54, 1.807) is 28.8 Å². The Hall–Kier alpha value is -1.00. The summed E-state index contributed by atoms with van der Waals surface area (Å²) in [6.07, 6.45) is 0. The third-order valence-corrected chi connectivity index (χ3v) is 4.02. The van der Waals surface area contributed by atoms with E-state index in [-0.39, 0.29) is 0 Å². The molecule has 0 radical (unpaired) electrons. The second-order valence-electron chi connectivity index (χ2n) is 3.97. The van der Waals surface area contributed by atoms with Gasteiger partial charge in [0.05, 0.1) is 31.8 Å². The predicted octanol–water partition coefficient (Wildman–Crippen LogP) is 5.65. The highest BCUT2D eigenvalue weighted by Crippen LogP contribution is 2.33. The molecule has 0 fully saturated rings. The van der Waals surface area contributed by atoms with Crippen molar-refractivity contribution in [1.29, 1.82) is 0 Å². The van der Waals surface area contributed by atoms with Gasteiger partial charge in [-0.1, -0.05) is 46.9 Å². The molecular weight excluding hydrogens is 323 g/mol. The van der Waals surface area contributed by atoms with Crippen molar-refractivity contribution in [1.82, 2.24) is 9.55 Å². The van der Waals surface area contributed by atoms with E-state index in [1.807, 2.05) is 12.1 Å². The molecule has 0 spiro atoms. The van der Waals surface area contributed by atoms with Crippen molar-refractivity contribution in [2.75, 3.05) is 0 Å². The Balaban J connectivity index is 2.50. The summed E-state index contributed by atoms with van der Waals surface area (Å²) in [5, 5.41) is 1.62. The molecule has 6 heteroatoms. The summed E-state index contributed by atoms with van der Waals surface area (Å²) in [6, 6.07) is 10.9. The number of fused-ring (bicyclic) bond motifs is 1. The van der Waals surface area contributed by atoms with Crippen LogP contribution in [-0.2, 0) is 0 Å². The van der Waals surface area contributed by atoms with Gasteiger partial charge in [0.25, 0.3) is 0 Å². The molecule has 96 valence electrons. The van der Waals surface area contributed by atoms with Gasteiger partial charge in [0.2, 0.25) is 0 Å². The van der Waals surface area contributed by atoms with Crippen LogP contribution in [0.5, 0.6) is 0 Å². The number of imidazole rings is 1. The minimum atomic E-state index is 0.498. The van der Waals surface area contributed by atoms with Crippen molar-refractivity contribution >= 4 is 58.1 Å². The van der Waals surface area contributed by atoms with Gasteiger partial charge in [0, 0.05) is 0 Å². The molecule has 1 heterocycles. The summed E-state index contributed by atoms with van der Waals surface area (Å²) in [5.74, 6) is 0. The molecule has 0 aliphatic rings. The van der Waals surface area contributed by atoms with Crippen LogP contribution in [0.1, 0.15) is 0 Å². The van der Waals surface area contributed by atoms with Gasteiger partial charge in [-0.15, -0.1) is 0 Å². The van der Waals surface area contributed by atoms with Crippen LogP contribution in [0.3, 0.4) is 0 Å². The third kappa shape index (κ3) is 2.07. The minimum absolute atomic E-state index is 0.498. The summed E-state index contributed by atoms with van der Waals surface area (Å²) < 4.78 is 2.26. The van der Waals surface area contributed by atoms with Crippen molar-refractivity contribution < 1.29 is 0 Å². The molecule has 1 aromatic heterocycles. The molecule has 2 nitrogen and oxygen atoms in total. The number of nitrogens with zero attached hydrogens (tertiary/aromatic N) is 1. The highest BCUT2D eigenvalue weighted by Gasteiger charge is 2.14. The van der Waals surface area contributed by atoms with Gasteiger partial charge in [0.1, 0.15) is 0 Å². The van der Waals surface area contributed by atoms with E-state index in [2.05, 4.69) is 4.98 Å². The third-order valence-electron chi connectivity index (χ3n) is 2.82. The van der Waals surface area contributed by atoms with Crippen molar-refractivity contribution in [3.63, 3.8) is 0 Å². The van der Waals surface area contributed by atoms with Crippen LogP contribution in [0.25, 0.3) is 16.7 Å². The first-order chi connectivity index (χ1) is 9.09. The Morgan fingerprint density at radius 1 is 0.895 bits per heavy atom. The molecule has 0 unspecified atom stereocenters. The van der Waals surface area contributed by atoms with Gasteiger partial charge in [0.15, 0.2) is 4.77 Å². The number of H-pyrrole nitrogens is 1. The molecule has 0 saturated heterocycles. The predicted molar refractivity (Wildman–Crippen MR) is 83.5 cm³/mol. The Bertz CT molecular complexity index is 815. The quantitative estimate of drug-likeness (QED) is 0.572. The number of para-hydroxylation sites is 2. The number of rotatable bonds is 1. The molecule has 0 amide bonds. The summed E-state index contributed by atoms with van der Waals surface area (Å²) in [6.45, 7) is 0. The summed E-state index contributed by atoms with van der Waals surface area (Å²) >= 11 is 24.1. The van der Waals surface area contributed by atoms with Crippen LogP contribution in [0.15, 0.2) is 36.4 Å². The highest BCUT2D eigenvalue weighted by atomic mass is 35.5. The molecule has 0 atom stereocenters. The van der Waals surface area contributed by atoms with Crippen LogP contribution < -0.4 is 0 Å². The van der Waals surface area contributed by atoms with Crippen LogP contribution in [-0.4, -0.2) is 9.55 Å². The zero-order chi connectivity index (χ0) is 13.6. The maximum absolute atomic E-state index is 6.26. The number of hydrogen-bond acceptors (Lipinski definition) is 1. The Kier molecular flexibility index (Phi) is 3.31. The molecule has 3 rings (SSSR count). The fourth-order valence-electron chi connectivity index (χ4n) is 2.03. The summed E-state index contributed by atoms with van der Waals surface area (Å²) in [4.78, 5) is 3.10. The number of nitrogens with one attached hydrogen (secondary N) is 1. The van der Waals surface area contributed by atoms with Crippen molar-refractivity contribution in [2.45, 2.75) is 0 Å². The second kappa shape index (κ2) is 4.84. The van der Waals surface area contributed by atoms with E-state index in [9.17, 15) is 0 Å². The lowest BCUT2D eigenvalue weighted by molar-refractivity contribution is 1.07. The Morgan fingerprint density at radius 3 is 2.16 bits per heavy atom. The topological polar surface area (TPSA) is 20.7 Å². The highest BCUT2D eigenvalue weighted by molar-refractivity contribution is 7.71. The van der Waals surface area contributed by atoms with E-state index in [0.29, 0.717) is 25.5 Å². The number of aromatic amines is 1. The van der Waals surface area contributed by atoms with E-state index in [1.165, 1.54) is 0 Å². The smallest absolute Gasteiger partial charge is 0.182 e. The lowest BCUT2D eigenvalue weighted by Crippen LogP contribution is -1.96. The Labute approximate surface area is 129 Å². The van der Waals surface area contributed by atoms with Crippen molar-refractivity contribution in [3.05, 3.63) is 56.2 Å². The first-order valence-corrected chi connectivity index (χ1v) is 6.97. The molecule has 1 N–H and O–H groups in total. The van der Waals surface area contributed by atoms with Gasteiger partial charge in [-0.3, -0.25) is 4.57 Å². The SMILES string of the molecule is S=c1[nH]c2cccc(Cl)c2n1-c1c(Cl)cccc1Cl. The van der Waals surface area contributed by atoms with Crippen molar-refractivity contribution in [2.24, 2.45) is 0 Å². The lowest BCUT2D eigenvalue weighted by Gasteiger charge is -2.09. The summed E-state index contributed by atoms with van der Waals surface area (Å²) in [7, 11) is 0. The zero-order valence-corrected chi connectivity index (χ0v) is 12.5. The maximum Gasteiger partial charge on any atom is 0.182 e.